The molecule has 0 aromatic heterocycles. The molecule has 0 bridgehead atoms. The summed E-state index contributed by atoms with van der Waals surface area (Å²) in [6, 6.07) is 17.4. The lowest BCUT2D eigenvalue weighted by Crippen LogP contribution is -2.42. The zero-order valence-electron chi connectivity index (χ0n) is 19.5. The summed E-state index contributed by atoms with van der Waals surface area (Å²) in [7, 11) is 1.61. The van der Waals surface area contributed by atoms with Crippen LogP contribution in [0.15, 0.2) is 71.2 Å². The lowest BCUT2D eigenvalue weighted by atomic mass is 9.68. The number of nitrogens with two attached hydrogens (primary N) is 1. The summed E-state index contributed by atoms with van der Waals surface area (Å²) in [6.45, 7) is 6.68. The molecule has 170 valence electrons. The van der Waals surface area contributed by atoms with Crippen molar-refractivity contribution in [3.63, 3.8) is 0 Å². The second-order valence-corrected chi connectivity index (χ2v) is 9.18. The number of nitrogens with zero attached hydrogens (tertiary/aromatic N) is 2. The average molecular weight is 444 g/mol. The highest BCUT2D eigenvalue weighted by molar-refractivity contribution is 6.01. The maximum absolute atomic E-state index is 13.5. The molecule has 2 aromatic rings. The number of anilines is 1. The first-order valence-electron chi connectivity index (χ1n) is 11.1. The summed E-state index contributed by atoms with van der Waals surface area (Å²) >= 11 is 0. The topological polar surface area (TPSA) is 88.6 Å². The molecule has 0 spiro atoms. The molecule has 2 aliphatic rings. The molecule has 0 fully saturated rings. The predicted octanol–water partition coefficient (Wildman–Crippen LogP) is 5.03. The molecule has 1 heterocycles. The highest BCUT2D eigenvalue weighted by Gasteiger charge is 2.44. The number of methoxy groups -OCH3 is 1. The van der Waals surface area contributed by atoms with Gasteiger partial charge in [0.05, 0.1) is 31.3 Å². The second-order valence-electron chi connectivity index (χ2n) is 9.18. The van der Waals surface area contributed by atoms with Gasteiger partial charge in [0.15, 0.2) is 5.78 Å². The van der Waals surface area contributed by atoms with Crippen molar-refractivity contribution in [2.24, 2.45) is 11.1 Å². The van der Waals surface area contributed by atoms with Crippen molar-refractivity contribution in [3.8, 4) is 17.6 Å². The van der Waals surface area contributed by atoms with E-state index in [1.807, 2.05) is 60.4 Å². The normalized spacial score (nSPS) is 19.8. The summed E-state index contributed by atoms with van der Waals surface area (Å²) in [6.07, 6.45) is 1.10. The maximum atomic E-state index is 13.5. The molecule has 4 rings (SSSR count). The van der Waals surface area contributed by atoms with Crippen LogP contribution in [0, 0.1) is 16.7 Å². The second kappa shape index (κ2) is 8.67. The van der Waals surface area contributed by atoms with E-state index in [9.17, 15) is 10.1 Å². The first-order valence-corrected chi connectivity index (χ1v) is 11.1. The number of Topliss-reactive ketones (excluding diaryl/α,β-unsaturated/α-hetero) is 1. The number of hydrogen-bond donors (Lipinski definition) is 1. The van der Waals surface area contributed by atoms with Gasteiger partial charge < -0.3 is 15.2 Å². The molecule has 1 atom stereocenters. The van der Waals surface area contributed by atoms with Crippen molar-refractivity contribution in [1.82, 2.24) is 0 Å². The minimum Gasteiger partial charge on any atom is -0.497 e. The van der Waals surface area contributed by atoms with Crippen LogP contribution in [0.5, 0.6) is 11.5 Å². The van der Waals surface area contributed by atoms with E-state index in [4.69, 9.17) is 15.2 Å². The van der Waals surface area contributed by atoms with Crippen molar-refractivity contribution >= 4 is 11.5 Å². The molecule has 0 radical (unpaired) electrons. The Morgan fingerprint density at radius 3 is 2.30 bits per heavy atom. The van der Waals surface area contributed by atoms with Gasteiger partial charge in [0.1, 0.15) is 17.3 Å². The lowest BCUT2D eigenvalue weighted by molar-refractivity contribution is -0.118. The van der Waals surface area contributed by atoms with E-state index < -0.39 is 5.92 Å². The SMILES string of the molecule is CCOc1ccc([C@H]2C(C#N)=C(N)N(c3ccc(OC)cc3)C3=C2C(=O)CC(C)(C)C3)cc1. The molecule has 0 unspecified atom stereocenters. The standard InChI is InChI=1S/C27H29N3O3/c1-5-33-20-10-6-17(7-11-20)24-21(16-28)26(29)30(18-8-12-19(32-4)13-9-18)22-14-27(2,3)15-23(31)25(22)24/h6-13,24H,5,14-15,29H2,1-4H3/t24-/m0/s1. The van der Waals surface area contributed by atoms with Crippen LogP contribution in [-0.4, -0.2) is 19.5 Å². The molecular weight excluding hydrogens is 414 g/mol. The Hall–Kier alpha value is -3.72. The van der Waals surface area contributed by atoms with E-state index in [2.05, 4.69) is 19.9 Å². The summed E-state index contributed by atoms with van der Waals surface area (Å²) in [5.74, 6) is 1.38. The van der Waals surface area contributed by atoms with Gasteiger partial charge >= 0.3 is 0 Å². The van der Waals surface area contributed by atoms with Crippen molar-refractivity contribution in [2.45, 2.75) is 39.5 Å². The Morgan fingerprint density at radius 1 is 1.09 bits per heavy atom. The Bertz CT molecular complexity index is 1170. The van der Waals surface area contributed by atoms with Crippen LogP contribution in [0.3, 0.4) is 0 Å². The van der Waals surface area contributed by atoms with Gasteiger partial charge in [-0.15, -0.1) is 0 Å². The number of ether oxygens (including phenoxy) is 2. The van der Waals surface area contributed by atoms with Crippen LogP contribution < -0.4 is 20.1 Å². The third kappa shape index (κ3) is 4.07. The van der Waals surface area contributed by atoms with Gasteiger partial charge in [0.2, 0.25) is 0 Å². The molecule has 0 saturated heterocycles. The Balaban J connectivity index is 1.91. The number of hydrogen-bond acceptors (Lipinski definition) is 6. The predicted molar refractivity (Wildman–Crippen MR) is 128 cm³/mol. The number of ketones is 1. The van der Waals surface area contributed by atoms with E-state index in [1.54, 1.807) is 7.11 Å². The molecule has 1 aliphatic carbocycles. The molecular formula is C27H29N3O3. The van der Waals surface area contributed by atoms with Gasteiger partial charge in [-0.2, -0.15) is 5.26 Å². The van der Waals surface area contributed by atoms with Crippen LogP contribution in [0.2, 0.25) is 0 Å². The monoisotopic (exact) mass is 443 g/mol. The fourth-order valence-electron chi connectivity index (χ4n) is 4.79. The largest absolute Gasteiger partial charge is 0.497 e. The van der Waals surface area contributed by atoms with E-state index in [-0.39, 0.29) is 11.2 Å². The highest BCUT2D eigenvalue weighted by Crippen LogP contribution is 2.50. The van der Waals surface area contributed by atoms with Gasteiger partial charge in [0, 0.05) is 23.4 Å². The van der Waals surface area contributed by atoms with E-state index >= 15 is 0 Å². The van der Waals surface area contributed by atoms with Crippen molar-refractivity contribution < 1.29 is 14.3 Å². The summed E-state index contributed by atoms with van der Waals surface area (Å²) in [5.41, 5.74) is 9.99. The first-order chi connectivity index (χ1) is 15.8. The first kappa shape index (κ1) is 22.5. The van der Waals surface area contributed by atoms with E-state index in [0.717, 1.165) is 28.4 Å². The van der Waals surface area contributed by atoms with E-state index in [1.165, 1.54) is 0 Å². The number of carbonyl (C=O) groups excluding carboxylic acids is 1. The quantitative estimate of drug-likeness (QED) is 0.697. The van der Waals surface area contributed by atoms with Crippen molar-refractivity contribution in [3.05, 3.63) is 76.8 Å². The minimum atomic E-state index is -0.501. The van der Waals surface area contributed by atoms with Gasteiger partial charge in [0.25, 0.3) is 0 Å². The van der Waals surface area contributed by atoms with Crippen LogP contribution >= 0.6 is 0 Å². The van der Waals surface area contributed by atoms with Gasteiger partial charge in [-0.3, -0.25) is 9.69 Å². The average Bonchev–Trinajstić information content (AvgIpc) is 2.78. The number of allylic oxidation sites excluding steroid dienone is 3. The summed E-state index contributed by atoms with van der Waals surface area (Å²) < 4.78 is 10.9. The molecule has 6 nitrogen and oxygen atoms in total. The number of rotatable bonds is 5. The van der Waals surface area contributed by atoms with Crippen molar-refractivity contribution in [2.75, 3.05) is 18.6 Å². The fraction of sp³-hybridized carbons (Fsp3) is 0.333. The van der Waals surface area contributed by atoms with Crippen LogP contribution in [0.4, 0.5) is 5.69 Å². The van der Waals surface area contributed by atoms with Crippen LogP contribution in [0.25, 0.3) is 0 Å². The summed E-state index contributed by atoms with van der Waals surface area (Å²) in [4.78, 5) is 15.4. The number of benzene rings is 2. The zero-order chi connectivity index (χ0) is 23.8. The highest BCUT2D eigenvalue weighted by atomic mass is 16.5. The smallest absolute Gasteiger partial charge is 0.162 e. The third-order valence-electron chi connectivity index (χ3n) is 6.24. The van der Waals surface area contributed by atoms with Crippen LogP contribution in [0.1, 0.15) is 45.1 Å². The Kier molecular flexibility index (Phi) is 5.90. The van der Waals surface area contributed by atoms with Crippen molar-refractivity contribution in [1.29, 1.82) is 5.26 Å². The lowest BCUT2D eigenvalue weighted by Gasteiger charge is -2.43. The number of carbonyl (C=O) groups is 1. The third-order valence-corrected chi connectivity index (χ3v) is 6.24. The Labute approximate surface area is 194 Å². The fourth-order valence-corrected chi connectivity index (χ4v) is 4.79. The molecule has 0 saturated carbocycles. The summed E-state index contributed by atoms with van der Waals surface area (Å²) in [5, 5.41) is 10.2. The maximum Gasteiger partial charge on any atom is 0.162 e. The van der Waals surface area contributed by atoms with Crippen LogP contribution in [-0.2, 0) is 4.79 Å². The Morgan fingerprint density at radius 2 is 1.73 bits per heavy atom. The van der Waals surface area contributed by atoms with E-state index in [0.29, 0.717) is 36.4 Å². The minimum absolute atomic E-state index is 0.0545. The molecule has 2 aromatic carbocycles. The number of nitriles is 1. The molecule has 1 aliphatic heterocycles. The van der Waals surface area contributed by atoms with Gasteiger partial charge in [-0.05, 0) is 60.7 Å². The zero-order valence-corrected chi connectivity index (χ0v) is 19.5. The van der Waals surface area contributed by atoms with Gasteiger partial charge in [-0.1, -0.05) is 26.0 Å². The molecule has 33 heavy (non-hydrogen) atoms. The van der Waals surface area contributed by atoms with Gasteiger partial charge in [-0.25, -0.2) is 0 Å². The molecule has 2 N–H and O–H groups in total. The molecule has 0 amide bonds. The molecule has 6 heteroatoms.